The highest BCUT2D eigenvalue weighted by Crippen LogP contribution is 2.43. The summed E-state index contributed by atoms with van der Waals surface area (Å²) in [5.74, 6) is -3.00. The van der Waals surface area contributed by atoms with Crippen LogP contribution in [0.1, 0.15) is 35.7 Å². The van der Waals surface area contributed by atoms with Crippen molar-refractivity contribution in [1.29, 1.82) is 0 Å². The summed E-state index contributed by atoms with van der Waals surface area (Å²) in [5, 5.41) is 2.91. The first-order valence-corrected chi connectivity index (χ1v) is 12.3. The molecule has 1 fully saturated rings. The Kier molecular flexibility index (Phi) is 6.57. The number of aromatic nitrogens is 2. The number of ether oxygens (including phenoxy) is 1. The lowest BCUT2D eigenvalue weighted by molar-refractivity contribution is -0.126. The van der Waals surface area contributed by atoms with E-state index < -0.39 is 19.1 Å². The summed E-state index contributed by atoms with van der Waals surface area (Å²) in [4.78, 5) is 33.5. The van der Waals surface area contributed by atoms with E-state index in [0.29, 0.717) is 41.8 Å². The number of hydrogen-bond acceptors (Lipinski definition) is 5. The molecule has 0 aliphatic carbocycles. The molecule has 194 valence electrons. The third-order valence-corrected chi connectivity index (χ3v) is 6.85. The van der Waals surface area contributed by atoms with Gasteiger partial charge in [0.05, 0.1) is 23.8 Å². The van der Waals surface area contributed by atoms with E-state index in [2.05, 4.69) is 11.9 Å². The van der Waals surface area contributed by atoms with Crippen LogP contribution in [0.25, 0.3) is 11.0 Å². The van der Waals surface area contributed by atoms with Gasteiger partial charge in [0, 0.05) is 25.7 Å². The first-order chi connectivity index (χ1) is 17.8. The molecule has 8 nitrogen and oxygen atoms in total. The molecule has 3 heterocycles. The molecule has 0 unspecified atom stereocenters. The molecule has 3 aromatic rings. The van der Waals surface area contributed by atoms with Crippen molar-refractivity contribution in [2.75, 3.05) is 43.5 Å². The number of anilines is 2. The molecule has 2 aromatic carbocycles. The Morgan fingerprint density at radius 3 is 2.73 bits per heavy atom. The largest absolute Gasteiger partial charge is 0.483 e. The molecule has 2 amide bonds. The van der Waals surface area contributed by atoms with Crippen LogP contribution in [-0.2, 0) is 4.79 Å². The van der Waals surface area contributed by atoms with Gasteiger partial charge in [-0.05, 0) is 49.6 Å². The Morgan fingerprint density at radius 2 is 1.97 bits per heavy atom. The van der Waals surface area contributed by atoms with E-state index in [1.807, 2.05) is 10.6 Å². The van der Waals surface area contributed by atoms with Gasteiger partial charge in [-0.1, -0.05) is 24.8 Å². The quantitative estimate of drug-likeness (QED) is 0.525. The lowest BCUT2D eigenvalue weighted by Gasteiger charge is -2.27. The van der Waals surface area contributed by atoms with Gasteiger partial charge in [-0.15, -0.1) is 0 Å². The molecule has 0 spiro atoms. The molecular weight excluding hydrogens is 480 g/mol. The number of carbonyl (C=O) groups excluding carboxylic acids is 2. The van der Waals surface area contributed by atoms with Crippen molar-refractivity contribution < 1.29 is 23.1 Å². The van der Waals surface area contributed by atoms with E-state index >= 15 is 0 Å². The third-order valence-electron chi connectivity index (χ3n) is 6.85. The lowest BCUT2D eigenvalue weighted by Crippen LogP contribution is -2.36. The average Bonchev–Trinajstić information content (AvgIpc) is 3.01. The Morgan fingerprint density at radius 1 is 1.19 bits per heavy atom. The minimum atomic E-state index is -3.04. The van der Waals surface area contributed by atoms with Gasteiger partial charge in [-0.3, -0.25) is 14.9 Å². The zero-order valence-corrected chi connectivity index (χ0v) is 20.6. The standard InChI is InChI=1S/C27H29F2N5O3/c1-3-22(35)33-14-8-7-11-19(15-33)34-23-20(30-26(34)31-25(36)18-9-5-4-6-10-18)12-13-21-24(23)37-17-27(28,29)16-32(21)2/h3-6,9-10,12-13,19H,1,7-8,11,14-17H2,2H3,(H,30,31,36)/t19-/m1/s1. The van der Waals surface area contributed by atoms with Crippen LogP contribution in [0.4, 0.5) is 20.4 Å². The second-order valence-electron chi connectivity index (χ2n) is 9.55. The minimum Gasteiger partial charge on any atom is -0.483 e. The zero-order valence-electron chi connectivity index (χ0n) is 20.6. The van der Waals surface area contributed by atoms with Crippen LogP contribution in [0.5, 0.6) is 5.75 Å². The Labute approximate surface area is 213 Å². The number of benzene rings is 2. The van der Waals surface area contributed by atoms with Crippen molar-refractivity contribution in [1.82, 2.24) is 14.5 Å². The monoisotopic (exact) mass is 509 g/mol. The second-order valence-corrected chi connectivity index (χ2v) is 9.55. The Bertz CT molecular complexity index is 1340. The average molecular weight is 510 g/mol. The van der Waals surface area contributed by atoms with Gasteiger partial charge >= 0.3 is 0 Å². The maximum absolute atomic E-state index is 14.4. The van der Waals surface area contributed by atoms with E-state index in [1.54, 1.807) is 48.3 Å². The molecule has 0 radical (unpaired) electrons. The van der Waals surface area contributed by atoms with Gasteiger partial charge in [0.15, 0.2) is 12.4 Å². The highest BCUT2D eigenvalue weighted by atomic mass is 19.3. The van der Waals surface area contributed by atoms with Crippen LogP contribution in [0.2, 0.25) is 0 Å². The van der Waals surface area contributed by atoms with E-state index in [-0.39, 0.29) is 29.6 Å². The summed E-state index contributed by atoms with van der Waals surface area (Å²) in [6.07, 6.45) is 3.65. The van der Waals surface area contributed by atoms with Gasteiger partial charge in [-0.25, -0.2) is 13.8 Å². The van der Waals surface area contributed by atoms with Gasteiger partial charge in [0.2, 0.25) is 11.9 Å². The number of alkyl halides is 2. The van der Waals surface area contributed by atoms with Gasteiger partial charge in [-0.2, -0.15) is 0 Å². The van der Waals surface area contributed by atoms with Crippen molar-refractivity contribution in [2.24, 2.45) is 0 Å². The molecule has 0 bridgehead atoms. The number of halogens is 2. The number of likely N-dealkylation sites (tertiary alicyclic amines) is 1. The predicted octanol–water partition coefficient (Wildman–Crippen LogP) is 4.49. The number of nitrogens with zero attached hydrogens (tertiary/aromatic N) is 4. The zero-order chi connectivity index (χ0) is 26.2. The lowest BCUT2D eigenvalue weighted by atomic mass is 10.1. The molecular formula is C27H29F2N5O3. The fourth-order valence-corrected chi connectivity index (χ4v) is 5.11. The molecule has 1 N–H and O–H groups in total. The smallest absolute Gasteiger partial charge is 0.298 e. The number of hydrogen-bond donors (Lipinski definition) is 1. The maximum atomic E-state index is 14.4. The topological polar surface area (TPSA) is 79.7 Å². The van der Waals surface area contributed by atoms with E-state index in [9.17, 15) is 18.4 Å². The predicted molar refractivity (Wildman–Crippen MR) is 138 cm³/mol. The fraction of sp³-hybridized carbons (Fsp3) is 0.370. The van der Waals surface area contributed by atoms with Crippen molar-refractivity contribution in [2.45, 2.75) is 31.2 Å². The van der Waals surface area contributed by atoms with Crippen LogP contribution in [0, 0.1) is 0 Å². The van der Waals surface area contributed by atoms with Gasteiger partial charge in [0.25, 0.3) is 11.8 Å². The molecule has 5 rings (SSSR count). The number of rotatable bonds is 4. The summed E-state index contributed by atoms with van der Waals surface area (Å²) >= 11 is 0. The van der Waals surface area contributed by atoms with E-state index in [4.69, 9.17) is 9.72 Å². The summed E-state index contributed by atoms with van der Waals surface area (Å²) in [6.45, 7) is 3.31. The highest BCUT2D eigenvalue weighted by molar-refractivity contribution is 6.04. The summed E-state index contributed by atoms with van der Waals surface area (Å²) in [6, 6.07) is 11.9. The highest BCUT2D eigenvalue weighted by Gasteiger charge is 2.38. The molecule has 2 aliphatic rings. The van der Waals surface area contributed by atoms with Crippen LogP contribution < -0.4 is 15.0 Å². The van der Waals surface area contributed by atoms with Crippen molar-refractivity contribution >= 4 is 34.5 Å². The number of nitrogens with one attached hydrogen (secondary N) is 1. The number of amides is 2. The summed E-state index contributed by atoms with van der Waals surface area (Å²) < 4.78 is 36.5. The molecule has 1 saturated heterocycles. The van der Waals surface area contributed by atoms with Crippen molar-refractivity contribution in [3.63, 3.8) is 0 Å². The fourth-order valence-electron chi connectivity index (χ4n) is 5.11. The van der Waals surface area contributed by atoms with Crippen LogP contribution in [0.15, 0.2) is 55.1 Å². The molecule has 1 aromatic heterocycles. The summed E-state index contributed by atoms with van der Waals surface area (Å²) in [7, 11) is 1.60. The van der Waals surface area contributed by atoms with Gasteiger partial charge < -0.3 is 19.1 Å². The van der Waals surface area contributed by atoms with Crippen LogP contribution >= 0.6 is 0 Å². The Hall–Kier alpha value is -3.95. The molecule has 37 heavy (non-hydrogen) atoms. The van der Waals surface area contributed by atoms with Gasteiger partial charge in [0.1, 0.15) is 5.52 Å². The normalized spacial score (nSPS) is 19.4. The van der Waals surface area contributed by atoms with E-state index in [0.717, 1.165) is 12.8 Å². The number of fused-ring (bicyclic) bond motifs is 3. The minimum absolute atomic E-state index is 0.180. The first-order valence-electron chi connectivity index (χ1n) is 12.3. The second kappa shape index (κ2) is 9.84. The number of carbonyl (C=O) groups is 2. The van der Waals surface area contributed by atoms with Crippen LogP contribution in [0.3, 0.4) is 0 Å². The number of imidazole rings is 1. The summed E-state index contributed by atoms with van der Waals surface area (Å²) in [5.41, 5.74) is 1.99. The van der Waals surface area contributed by atoms with Crippen molar-refractivity contribution in [3.05, 3.63) is 60.7 Å². The third kappa shape index (κ3) is 4.87. The SMILES string of the molecule is C=CC(=O)N1CCCC[C@@H](n2c(NC(=O)c3ccccc3)nc3ccc4c(c32)OCC(F)(F)CN4C)C1. The first kappa shape index (κ1) is 24.7. The Balaban J connectivity index is 1.66. The molecule has 0 saturated carbocycles. The van der Waals surface area contributed by atoms with E-state index in [1.165, 1.54) is 11.0 Å². The van der Waals surface area contributed by atoms with Crippen LogP contribution in [-0.4, -0.2) is 65.5 Å². The molecule has 1 atom stereocenters. The van der Waals surface area contributed by atoms with Crippen molar-refractivity contribution in [3.8, 4) is 5.75 Å². The molecule has 2 aliphatic heterocycles. The molecule has 10 heteroatoms. The maximum Gasteiger partial charge on any atom is 0.298 e.